The van der Waals surface area contributed by atoms with Crippen LogP contribution in [-0.2, 0) is 19.1 Å². The van der Waals surface area contributed by atoms with Crippen LogP contribution in [-0.4, -0.2) is 66.9 Å². The highest BCUT2D eigenvalue weighted by atomic mass is 16.5. The number of piperidine rings is 1. The van der Waals surface area contributed by atoms with Gasteiger partial charge in [0, 0.05) is 25.6 Å². The van der Waals surface area contributed by atoms with E-state index in [1.165, 1.54) is 12.0 Å². The van der Waals surface area contributed by atoms with Gasteiger partial charge < -0.3 is 24.8 Å². The Labute approximate surface area is 198 Å². The number of methoxy groups -OCH3 is 1. The predicted molar refractivity (Wildman–Crippen MR) is 125 cm³/mol. The molecule has 2 aromatic rings. The van der Waals surface area contributed by atoms with Crippen LogP contribution in [0.1, 0.15) is 36.8 Å². The van der Waals surface area contributed by atoms with E-state index in [1.54, 1.807) is 0 Å². The van der Waals surface area contributed by atoms with Gasteiger partial charge in [-0.15, -0.1) is 0 Å². The number of alkyl carbamates (subject to hydrolysis) is 1. The van der Waals surface area contributed by atoms with Gasteiger partial charge >= 0.3 is 12.1 Å². The Bertz CT molecular complexity index is 1030. The van der Waals surface area contributed by atoms with E-state index in [1.807, 2.05) is 43.3 Å². The van der Waals surface area contributed by atoms with Gasteiger partial charge in [-0.2, -0.15) is 0 Å². The number of nitrogens with zero attached hydrogens (tertiary/aromatic N) is 1. The van der Waals surface area contributed by atoms with Crippen LogP contribution in [0.25, 0.3) is 11.1 Å². The van der Waals surface area contributed by atoms with Gasteiger partial charge in [0.15, 0.2) is 0 Å². The Morgan fingerprint density at radius 1 is 1.06 bits per heavy atom. The van der Waals surface area contributed by atoms with Crippen molar-refractivity contribution < 1.29 is 29.0 Å². The van der Waals surface area contributed by atoms with E-state index >= 15 is 0 Å². The van der Waals surface area contributed by atoms with Crippen molar-refractivity contribution in [3.8, 4) is 11.1 Å². The number of benzene rings is 2. The third kappa shape index (κ3) is 4.77. The second-order valence-electron chi connectivity index (χ2n) is 8.93. The summed E-state index contributed by atoms with van der Waals surface area (Å²) in [5.41, 5.74) is 4.46. The number of amides is 2. The molecule has 1 aliphatic carbocycles. The first-order chi connectivity index (χ1) is 16.4. The molecule has 1 aliphatic heterocycles. The van der Waals surface area contributed by atoms with Crippen molar-refractivity contribution in [1.29, 1.82) is 0 Å². The minimum absolute atomic E-state index is 0.0377. The fourth-order valence-electron chi connectivity index (χ4n) is 4.94. The molecule has 1 heterocycles. The largest absolute Gasteiger partial charge is 0.481 e. The molecule has 34 heavy (non-hydrogen) atoms. The fourth-order valence-corrected chi connectivity index (χ4v) is 4.94. The first-order valence-corrected chi connectivity index (χ1v) is 11.5. The van der Waals surface area contributed by atoms with Crippen LogP contribution in [0.3, 0.4) is 0 Å². The van der Waals surface area contributed by atoms with E-state index in [9.17, 15) is 19.5 Å². The molecule has 2 aromatic carbocycles. The molecule has 2 unspecified atom stereocenters. The van der Waals surface area contributed by atoms with Gasteiger partial charge in [-0.25, -0.2) is 4.79 Å². The number of rotatable bonds is 7. The van der Waals surface area contributed by atoms with Crippen LogP contribution in [0.2, 0.25) is 0 Å². The summed E-state index contributed by atoms with van der Waals surface area (Å²) in [7, 11) is 1.44. The highest BCUT2D eigenvalue weighted by Crippen LogP contribution is 2.44. The molecule has 4 rings (SSSR count). The zero-order valence-electron chi connectivity index (χ0n) is 19.4. The van der Waals surface area contributed by atoms with Crippen LogP contribution in [0, 0.1) is 5.92 Å². The lowest BCUT2D eigenvalue weighted by Crippen LogP contribution is -2.56. The summed E-state index contributed by atoms with van der Waals surface area (Å²) >= 11 is 0. The Hall–Kier alpha value is -3.39. The number of carbonyl (C=O) groups excluding carboxylic acids is 2. The molecule has 0 bridgehead atoms. The smallest absolute Gasteiger partial charge is 0.407 e. The van der Waals surface area contributed by atoms with Gasteiger partial charge in [0.05, 0.1) is 12.5 Å². The van der Waals surface area contributed by atoms with Crippen molar-refractivity contribution in [2.45, 2.75) is 37.8 Å². The number of aliphatic carboxylic acids is 1. The number of likely N-dealkylation sites (tertiary alicyclic amines) is 1. The van der Waals surface area contributed by atoms with E-state index in [2.05, 4.69) is 17.4 Å². The normalized spacial score (nSPS) is 20.2. The SMILES string of the molecule is COC[C@H](NC(=O)OCC1c2ccccc2-c2ccccc21)C(=O)N1CC(C(=O)O)CCC1C. The third-order valence-corrected chi connectivity index (χ3v) is 6.78. The summed E-state index contributed by atoms with van der Waals surface area (Å²) in [5, 5.41) is 12.0. The van der Waals surface area contributed by atoms with E-state index in [0.717, 1.165) is 22.3 Å². The van der Waals surface area contributed by atoms with Crippen LogP contribution in [0.4, 0.5) is 4.79 Å². The topological polar surface area (TPSA) is 105 Å². The first-order valence-electron chi connectivity index (χ1n) is 11.5. The third-order valence-electron chi connectivity index (χ3n) is 6.78. The van der Waals surface area contributed by atoms with Crippen molar-refractivity contribution in [2.24, 2.45) is 5.92 Å². The Morgan fingerprint density at radius 2 is 1.68 bits per heavy atom. The van der Waals surface area contributed by atoms with Crippen LogP contribution in [0.5, 0.6) is 0 Å². The average molecular weight is 467 g/mol. The standard InChI is InChI=1S/C26H30N2O6/c1-16-11-12-17(25(30)31)13-28(16)24(29)23(15-33-2)27-26(32)34-14-22-20-9-5-3-7-18(20)19-8-4-6-10-21(19)22/h3-10,16-17,22-23H,11-15H2,1-2H3,(H,27,32)(H,30,31)/t16?,17?,23-/m0/s1. The minimum atomic E-state index is -0.962. The number of carbonyl (C=O) groups is 3. The molecule has 2 amide bonds. The number of carboxylic acids is 1. The van der Waals surface area contributed by atoms with Crippen molar-refractivity contribution in [1.82, 2.24) is 10.2 Å². The zero-order valence-corrected chi connectivity index (χ0v) is 19.4. The minimum Gasteiger partial charge on any atom is -0.481 e. The highest BCUT2D eigenvalue weighted by Gasteiger charge is 2.36. The molecule has 180 valence electrons. The molecular formula is C26H30N2O6. The van der Waals surface area contributed by atoms with E-state index in [0.29, 0.717) is 12.8 Å². The molecule has 3 atom stereocenters. The Balaban J connectivity index is 1.42. The lowest BCUT2D eigenvalue weighted by molar-refractivity contribution is -0.148. The number of ether oxygens (including phenoxy) is 2. The summed E-state index contributed by atoms with van der Waals surface area (Å²) in [6.45, 7) is 2.09. The first kappa shape index (κ1) is 23.8. The quantitative estimate of drug-likeness (QED) is 0.649. The molecule has 1 fully saturated rings. The van der Waals surface area contributed by atoms with Crippen LogP contribution < -0.4 is 5.32 Å². The van der Waals surface area contributed by atoms with Crippen molar-refractivity contribution in [3.05, 3.63) is 59.7 Å². The van der Waals surface area contributed by atoms with Gasteiger partial charge in [-0.05, 0) is 42.0 Å². The predicted octanol–water partition coefficient (Wildman–Crippen LogP) is 3.25. The fraction of sp³-hybridized carbons (Fsp3) is 0.423. The van der Waals surface area contributed by atoms with Gasteiger partial charge in [0.1, 0.15) is 12.6 Å². The van der Waals surface area contributed by atoms with Gasteiger partial charge in [-0.3, -0.25) is 9.59 Å². The molecule has 0 radical (unpaired) electrons. The Morgan fingerprint density at radius 3 is 2.26 bits per heavy atom. The number of fused-ring (bicyclic) bond motifs is 3. The molecule has 1 saturated heterocycles. The summed E-state index contributed by atoms with van der Waals surface area (Å²) in [5.74, 6) is -1.99. The highest BCUT2D eigenvalue weighted by molar-refractivity contribution is 5.87. The Kier molecular flexibility index (Phi) is 7.17. The second-order valence-corrected chi connectivity index (χ2v) is 8.93. The maximum absolute atomic E-state index is 13.2. The summed E-state index contributed by atoms with van der Waals surface area (Å²) in [6.07, 6.45) is 0.402. The molecule has 0 saturated carbocycles. The lowest BCUT2D eigenvalue weighted by Gasteiger charge is -2.38. The van der Waals surface area contributed by atoms with Crippen molar-refractivity contribution >= 4 is 18.0 Å². The van der Waals surface area contributed by atoms with Gasteiger partial charge in [0.2, 0.25) is 5.91 Å². The van der Waals surface area contributed by atoms with E-state index < -0.39 is 24.0 Å². The zero-order chi connectivity index (χ0) is 24.2. The summed E-state index contributed by atoms with van der Waals surface area (Å²) < 4.78 is 10.7. The average Bonchev–Trinajstić information content (AvgIpc) is 3.16. The lowest BCUT2D eigenvalue weighted by atomic mass is 9.93. The maximum atomic E-state index is 13.2. The molecule has 8 heteroatoms. The number of carboxylic acid groups (broad SMARTS) is 1. The second kappa shape index (κ2) is 10.3. The van der Waals surface area contributed by atoms with Crippen molar-refractivity contribution in [3.63, 3.8) is 0 Å². The molecule has 2 N–H and O–H groups in total. The van der Waals surface area contributed by atoms with Crippen molar-refractivity contribution in [2.75, 3.05) is 26.9 Å². The number of hydrogen-bond acceptors (Lipinski definition) is 5. The molecule has 8 nitrogen and oxygen atoms in total. The monoisotopic (exact) mass is 466 g/mol. The number of hydrogen-bond donors (Lipinski definition) is 2. The van der Waals surface area contributed by atoms with Crippen LogP contribution >= 0.6 is 0 Å². The van der Waals surface area contributed by atoms with Crippen LogP contribution in [0.15, 0.2) is 48.5 Å². The number of nitrogens with one attached hydrogen (secondary N) is 1. The summed E-state index contributed by atoms with van der Waals surface area (Å²) in [4.78, 5) is 38.8. The molecule has 0 aromatic heterocycles. The molecule has 0 spiro atoms. The molecular weight excluding hydrogens is 436 g/mol. The van der Waals surface area contributed by atoms with Gasteiger partial charge in [0.25, 0.3) is 0 Å². The summed E-state index contributed by atoms with van der Waals surface area (Å²) in [6, 6.07) is 15.0. The molecule has 2 aliphatic rings. The maximum Gasteiger partial charge on any atom is 0.407 e. The van der Waals surface area contributed by atoms with Gasteiger partial charge in [-0.1, -0.05) is 48.5 Å². The van der Waals surface area contributed by atoms with E-state index in [4.69, 9.17) is 9.47 Å². The van der Waals surface area contributed by atoms with E-state index in [-0.39, 0.29) is 37.6 Å².